The van der Waals surface area contributed by atoms with Gasteiger partial charge < -0.3 is 47.1 Å². The van der Waals surface area contributed by atoms with Crippen LogP contribution in [0.4, 0.5) is 52.7 Å². The number of hydrogen-bond acceptors (Lipinski definition) is 10. The number of imidazole rings is 4. The van der Waals surface area contributed by atoms with E-state index >= 15 is 0 Å². The van der Waals surface area contributed by atoms with Crippen LogP contribution in [0.25, 0.3) is 137 Å². The Morgan fingerprint density at radius 2 is 0.544 bits per heavy atom. The van der Waals surface area contributed by atoms with E-state index in [0.717, 1.165) is 57.2 Å². The van der Waals surface area contributed by atoms with Gasteiger partial charge in [-0.15, -0.1) is 26.3 Å². The van der Waals surface area contributed by atoms with Gasteiger partial charge in [0.2, 0.25) is 0 Å². The van der Waals surface area contributed by atoms with E-state index in [2.05, 4.69) is 49.3 Å². The first-order chi connectivity index (χ1) is 54.3. The molecule has 0 spiro atoms. The predicted molar refractivity (Wildman–Crippen MR) is 411 cm³/mol. The molecule has 0 radical (unpaired) electrons. The number of aromatic amines is 4. The van der Waals surface area contributed by atoms with Gasteiger partial charge >= 0.3 is 25.1 Å². The number of para-hydroxylation sites is 2. The molecule has 0 saturated heterocycles. The Bertz CT molecular complexity index is 6080. The molecule has 114 heavy (non-hydrogen) atoms. The van der Waals surface area contributed by atoms with E-state index in [1.807, 2.05) is 88.4 Å². The zero-order chi connectivity index (χ0) is 81.0. The predicted octanol–water partition coefficient (Wildman–Crippen LogP) is 27.7. The van der Waals surface area contributed by atoms with Gasteiger partial charge in [-0.1, -0.05) is 168 Å². The van der Waals surface area contributed by atoms with Gasteiger partial charge in [0, 0.05) is 66.2 Å². The average Bonchev–Trinajstić information content (AvgIpc) is 1.60. The van der Waals surface area contributed by atoms with E-state index in [1.165, 1.54) is 72.8 Å². The molecule has 0 saturated carbocycles. The molecule has 0 aliphatic heterocycles. The summed E-state index contributed by atoms with van der Waals surface area (Å²) in [5.74, 6) is 3.24. The molecule has 16 rings (SSSR count). The number of H-pyrrole nitrogens is 4. The molecule has 8 heterocycles. The van der Waals surface area contributed by atoms with Gasteiger partial charge in [-0.3, -0.25) is 0 Å². The maximum absolute atomic E-state index is 13.3. The Balaban J connectivity index is 0.000000133. The van der Waals surface area contributed by atoms with Crippen molar-refractivity contribution in [2.24, 2.45) is 0 Å². The van der Waals surface area contributed by atoms with E-state index in [1.54, 1.807) is 97.1 Å². The minimum atomic E-state index is -4.80. The quantitative estimate of drug-likeness (QED) is 0.0764. The van der Waals surface area contributed by atoms with Gasteiger partial charge in [0.05, 0.1) is 55.1 Å². The van der Waals surface area contributed by atoms with Gasteiger partial charge in [-0.05, 0) is 149 Å². The summed E-state index contributed by atoms with van der Waals surface area (Å²) in [5, 5.41) is 2.30. The van der Waals surface area contributed by atoms with Gasteiger partial charge in [0.1, 0.15) is 34.5 Å². The monoisotopic (exact) mass is 1640 g/mol. The second-order valence-electron chi connectivity index (χ2n) is 25.0. The summed E-state index contributed by atoms with van der Waals surface area (Å²) in [4.78, 5) is 30.7. The first kappa shape index (κ1) is 79.7. The molecule has 0 unspecified atom stereocenters. The smallest absolute Gasteiger partial charge is 0.453 e. The number of alkyl halides is 12. The van der Waals surface area contributed by atoms with Crippen molar-refractivity contribution >= 4 is 46.4 Å². The molecule has 30 heteroatoms. The van der Waals surface area contributed by atoms with Crippen LogP contribution in [-0.4, -0.2) is 52.6 Å². The largest absolute Gasteiger partial charge is 0.573 e. The number of aryl methyl sites for hydroxylation is 4. The number of hydrogen-bond donors (Lipinski definition) is 4. The summed E-state index contributed by atoms with van der Waals surface area (Å²) in [6, 6.07) is 64.0. The fourth-order valence-electron chi connectivity index (χ4n) is 12.1. The van der Waals surface area contributed by atoms with Crippen molar-refractivity contribution in [3.63, 3.8) is 0 Å². The van der Waals surface area contributed by atoms with E-state index in [-0.39, 0.29) is 56.8 Å². The van der Waals surface area contributed by atoms with Crippen LogP contribution in [0.5, 0.6) is 11.5 Å². The second kappa shape index (κ2) is 33.1. The summed E-state index contributed by atoms with van der Waals surface area (Å²) < 4.78 is 187. The Kier molecular flexibility index (Phi) is 23.2. The van der Waals surface area contributed by atoms with Crippen LogP contribution in [0.15, 0.2) is 260 Å². The second-order valence-corrected chi connectivity index (χ2v) is 26.7. The van der Waals surface area contributed by atoms with E-state index in [9.17, 15) is 52.7 Å². The normalized spacial score (nSPS) is 11.7. The summed E-state index contributed by atoms with van der Waals surface area (Å²) >= 11 is 24.6. The number of rotatable bonds is 14. The van der Waals surface area contributed by atoms with Crippen LogP contribution in [0, 0.1) is 27.7 Å². The molecule has 0 aliphatic rings. The first-order valence-electron chi connectivity index (χ1n) is 34.0. The maximum atomic E-state index is 13.3. The highest BCUT2D eigenvalue weighted by Crippen LogP contribution is 2.44. The van der Waals surface area contributed by atoms with Crippen LogP contribution in [0.2, 0.25) is 20.1 Å². The number of furan rings is 4. The summed E-state index contributed by atoms with van der Waals surface area (Å²) in [6.45, 7) is 7.42. The number of nitrogens with zero attached hydrogens (tertiary/aromatic N) is 4. The SMILES string of the molecule is Cc1[nH]c(-c2ccc(-c3ccccc3C(F)(F)F)o2)nc1-c1cccc(Cl)c1.Cc1[nH]c(-c2ccc(-c3ccccc3C(F)(F)F)o2)nc1-c1ccccc1Cl.Cc1[nH]c(-c2ccc(-c3ccccc3OC(F)(F)F)o2)nc1-c1cccc(Cl)c1.Cc1[nH]c(-c2ccc(-c3ccccc3OC(F)(F)F)o2)nc1-c1ccccc1Cl. The number of nitrogens with one attached hydrogen (secondary N) is 4. The third-order valence-corrected chi connectivity index (χ3v) is 18.2. The van der Waals surface area contributed by atoms with Crippen molar-refractivity contribution in [1.29, 1.82) is 0 Å². The zero-order valence-electron chi connectivity index (χ0n) is 59.4. The molecular weight excluding hydrogens is 1590 g/mol. The van der Waals surface area contributed by atoms with Crippen molar-refractivity contribution in [2.75, 3.05) is 0 Å². The van der Waals surface area contributed by atoms with Crippen molar-refractivity contribution < 1.29 is 79.8 Å². The summed E-state index contributed by atoms with van der Waals surface area (Å²) in [6.07, 6.45) is -18.5. The molecule has 580 valence electrons. The van der Waals surface area contributed by atoms with Gasteiger partial charge in [0.25, 0.3) is 0 Å². The van der Waals surface area contributed by atoms with Crippen molar-refractivity contribution in [2.45, 2.75) is 52.8 Å². The molecule has 8 aromatic carbocycles. The Hall–Kier alpha value is -12.4. The van der Waals surface area contributed by atoms with Crippen molar-refractivity contribution in [1.82, 2.24) is 39.9 Å². The Labute approximate surface area is 660 Å². The fraction of sp³-hybridized carbons (Fsp3) is 0.0952. The molecule has 4 N–H and O–H groups in total. The average molecular weight is 1640 g/mol. The minimum absolute atomic E-state index is 0.0143. The van der Waals surface area contributed by atoms with Gasteiger partial charge in [-0.2, -0.15) is 26.3 Å². The van der Waals surface area contributed by atoms with Crippen molar-refractivity contribution in [3.05, 3.63) is 297 Å². The maximum Gasteiger partial charge on any atom is 0.573 e. The summed E-state index contributed by atoms with van der Waals surface area (Å²) in [5.41, 5.74) is 7.96. The van der Waals surface area contributed by atoms with Crippen LogP contribution in [0.3, 0.4) is 0 Å². The number of aromatic nitrogens is 8. The highest BCUT2D eigenvalue weighted by atomic mass is 35.5. The van der Waals surface area contributed by atoms with Crippen LogP contribution in [-0.2, 0) is 12.4 Å². The molecular formula is C84H56Cl4F12N8O6. The van der Waals surface area contributed by atoms with Crippen LogP contribution in [0.1, 0.15) is 33.9 Å². The number of benzene rings is 8. The molecule has 14 nitrogen and oxygen atoms in total. The number of halogens is 16. The lowest BCUT2D eigenvalue weighted by Crippen LogP contribution is -2.17. The molecule has 0 amide bonds. The molecule has 0 atom stereocenters. The van der Waals surface area contributed by atoms with Gasteiger partial charge in [-0.25, -0.2) is 19.9 Å². The Morgan fingerprint density at radius 3 is 0.851 bits per heavy atom. The van der Waals surface area contributed by atoms with E-state index in [0.29, 0.717) is 89.2 Å². The Morgan fingerprint density at radius 1 is 0.281 bits per heavy atom. The third-order valence-electron chi connectivity index (χ3n) is 17.1. The minimum Gasteiger partial charge on any atom is -0.453 e. The molecule has 0 aliphatic carbocycles. The van der Waals surface area contributed by atoms with Gasteiger partial charge in [0.15, 0.2) is 46.3 Å². The van der Waals surface area contributed by atoms with E-state index < -0.39 is 36.2 Å². The summed E-state index contributed by atoms with van der Waals surface area (Å²) in [7, 11) is 0. The number of ether oxygens (including phenoxy) is 2. The fourth-order valence-corrected chi connectivity index (χ4v) is 12.9. The topological polar surface area (TPSA) is 186 Å². The molecule has 0 bridgehead atoms. The first-order valence-corrected chi connectivity index (χ1v) is 35.5. The standard InChI is InChI=1S/2C21H14ClF3N2O2.2C21H14ClF3N2O/c1-12-19(13-6-2-4-8-15(13)22)27-20(26-12)18-11-10-16(28-18)14-7-3-5-9-17(14)29-21(23,24)25;1-12-19(13-5-4-6-14(22)11-13)27-20(26-12)18-10-9-16(28-18)15-7-2-3-8-17(15)29-21(23,24)25;1-12-19(14-7-3-5-9-16(14)22)27-20(26-12)18-11-10-17(28-18)13-6-2-4-8-15(13)21(23,24)25;1-12-19(13-5-4-6-14(22)11-13)27-20(26-12)18-10-9-17(28-18)15-7-2-3-8-16(15)21(23,24)25/h2*2-11H,1H3,(H,26,27);2*2-11H,1H3,(H,26,27). The highest BCUT2D eigenvalue weighted by molar-refractivity contribution is 6.34. The van der Waals surface area contributed by atoms with Crippen molar-refractivity contribution in [3.8, 4) is 148 Å². The lowest BCUT2D eigenvalue weighted by atomic mass is 10.1. The third kappa shape index (κ3) is 18.7. The highest BCUT2D eigenvalue weighted by Gasteiger charge is 2.37. The lowest BCUT2D eigenvalue weighted by Gasteiger charge is -2.11. The lowest BCUT2D eigenvalue weighted by molar-refractivity contribution is -0.275. The van der Waals surface area contributed by atoms with Crippen LogP contribution >= 0.6 is 46.4 Å². The van der Waals surface area contributed by atoms with E-state index in [4.69, 9.17) is 64.1 Å². The molecule has 8 aromatic heterocycles. The molecule has 0 fully saturated rings. The molecule has 16 aromatic rings. The van der Waals surface area contributed by atoms with Crippen LogP contribution < -0.4 is 9.47 Å². The zero-order valence-corrected chi connectivity index (χ0v) is 62.4.